The van der Waals surface area contributed by atoms with Crippen LogP contribution in [0, 0.1) is 0 Å². The zero-order valence-corrected chi connectivity index (χ0v) is 20.3. The maximum Gasteiger partial charge on any atom is 0.416 e. The third kappa shape index (κ3) is 6.03. The van der Waals surface area contributed by atoms with E-state index in [0.717, 1.165) is 17.7 Å². The summed E-state index contributed by atoms with van der Waals surface area (Å²) in [6.07, 6.45) is -4.70. The van der Waals surface area contributed by atoms with Crippen LogP contribution < -0.4 is 10.9 Å². The normalized spacial score (nSPS) is 12.2. The van der Waals surface area contributed by atoms with E-state index in [1.807, 2.05) is 0 Å². The summed E-state index contributed by atoms with van der Waals surface area (Å²) in [5, 5.41) is 11.8. The zero-order valence-electron chi connectivity index (χ0n) is 19.6. The number of amides is 1. The summed E-state index contributed by atoms with van der Waals surface area (Å²) in [4.78, 5) is 27.6. The largest absolute Gasteiger partial charge is 0.481 e. The zero-order chi connectivity index (χ0) is 26.7. The van der Waals surface area contributed by atoms with E-state index in [-0.39, 0.29) is 19.5 Å². The van der Waals surface area contributed by atoms with Crippen molar-refractivity contribution in [2.75, 3.05) is 6.54 Å². The minimum atomic E-state index is -4.51. The molecule has 0 saturated carbocycles. The maximum absolute atomic E-state index is 13.5. The molecule has 11 heteroatoms. The highest BCUT2D eigenvalue weighted by Gasteiger charge is 2.31. The minimum Gasteiger partial charge on any atom is -0.481 e. The topological polar surface area (TPSA) is 88.6 Å². The quantitative estimate of drug-likeness (QED) is 0.347. The molecular weight excluding hydrogens is 509 g/mol. The Morgan fingerprint density at radius 3 is 2.30 bits per heavy atom. The number of hydrogen-bond acceptors (Lipinski definition) is 3. The van der Waals surface area contributed by atoms with Gasteiger partial charge in [-0.3, -0.25) is 9.59 Å². The van der Waals surface area contributed by atoms with Crippen molar-refractivity contribution in [3.05, 3.63) is 94.1 Å². The van der Waals surface area contributed by atoms with Crippen LogP contribution in [0.4, 0.5) is 18.9 Å². The SMILES string of the molecule is Cn1c(=Nc2ccc(Cl)cc2)n(Cc2ccc(C(=O)NCCC(=O)O)cc2)c2cc(C(F)(F)F)ccc21. The Hall–Kier alpha value is -4.05. The highest BCUT2D eigenvalue weighted by atomic mass is 35.5. The summed E-state index contributed by atoms with van der Waals surface area (Å²) >= 11 is 5.97. The van der Waals surface area contributed by atoms with Crippen LogP contribution in [-0.2, 0) is 24.6 Å². The summed E-state index contributed by atoms with van der Waals surface area (Å²) in [6, 6.07) is 16.9. The van der Waals surface area contributed by atoms with Gasteiger partial charge in [0.2, 0.25) is 5.62 Å². The van der Waals surface area contributed by atoms with Crippen LogP contribution >= 0.6 is 11.6 Å². The van der Waals surface area contributed by atoms with Gasteiger partial charge in [-0.1, -0.05) is 23.7 Å². The molecule has 0 fully saturated rings. The van der Waals surface area contributed by atoms with Crippen molar-refractivity contribution in [2.45, 2.75) is 19.1 Å². The van der Waals surface area contributed by atoms with Gasteiger partial charge in [-0.2, -0.15) is 13.2 Å². The highest BCUT2D eigenvalue weighted by Crippen LogP contribution is 2.31. The molecule has 0 aliphatic heterocycles. The summed E-state index contributed by atoms with van der Waals surface area (Å²) in [7, 11) is 1.73. The Labute approximate surface area is 214 Å². The van der Waals surface area contributed by atoms with E-state index in [4.69, 9.17) is 16.7 Å². The predicted octanol–water partition coefficient (Wildman–Crippen LogP) is 5.14. The minimum absolute atomic E-state index is 0.00112. The fraction of sp³-hybridized carbons (Fsp3) is 0.192. The number of carboxylic acid groups (broad SMARTS) is 1. The summed E-state index contributed by atoms with van der Waals surface area (Å²) in [5.74, 6) is -1.44. The van der Waals surface area contributed by atoms with Gasteiger partial charge in [-0.15, -0.1) is 0 Å². The molecule has 0 saturated heterocycles. The number of rotatable bonds is 7. The number of nitrogens with one attached hydrogen (secondary N) is 1. The van der Waals surface area contributed by atoms with Crippen LogP contribution in [0.3, 0.4) is 0 Å². The number of aromatic nitrogens is 2. The number of alkyl halides is 3. The number of aliphatic carboxylic acids is 1. The van der Waals surface area contributed by atoms with Crippen LogP contribution in [-0.4, -0.2) is 32.7 Å². The molecule has 2 N–H and O–H groups in total. The van der Waals surface area contributed by atoms with Crippen molar-refractivity contribution in [1.29, 1.82) is 0 Å². The number of hydrogen-bond donors (Lipinski definition) is 2. The van der Waals surface area contributed by atoms with Gasteiger partial charge in [0.1, 0.15) is 0 Å². The third-order valence-electron chi connectivity index (χ3n) is 5.73. The number of imidazole rings is 1. The number of carbonyl (C=O) groups excluding carboxylic acids is 1. The Morgan fingerprint density at radius 1 is 1.00 bits per heavy atom. The molecular formula is C26H22ClF3N4O3. The second kappa shape index (κ2) is 10.5. The molecule has 0 spiro atoms. The Bertz CT molecular complexity index is 1520. The second-order valence-electron chi connectivity index (χ2n) is 8.33. The number of nitrogens with zero attached hydrogens (tertiary/aromatic N) is 3. The van der Waals surface area contributed by atoms with E-state index in [0.29, 0.717) is 32.9 Å². The monoisotopic (exact) mass is 530 g/mol. The van der Waals surface area contributed by atoms with E-state index < -0.39 is 23.6 Å². The van der Waals surface area contributed by atoms with E-state index in [9.17, 15) is 22.8 Å². The summed E-state index contributed by atoms with van der Waals surface area (Å²) in [6.45, 7) is 0.185. The average molecular weight is 531 g/mol. The molecule has 4 rings (SSSR count). The molecule has 192 valence electrons. The van der Waals surface area contributed by atoms with Crippen molar-refractivity contribution in [1.82, 2.24) is 14.5 Å². The van der Waals surface area contributed by atoms with Gasteiger partial charge in [0.25, 0.3) is 5.91 Å². The lowest BCUT2D eigenvalue weighted by Gasteiger charge is -2.10. The number of benzene rings is 3. The molecule has 0 radical (unpaired) electrons. The molecule has 37 heavy (non-hydrogen) atoms. The second-order valence-corrected chi connectivity index (χ2v) is 8.77. The van der Waals surface area contributed by atoms with E-state index in [1.165, 1.54) is 6.07 Å². The fourth-order valence-electron chi connectivity index (χ4n) is 3.85. The van der Waals surface area contributed by atoms with Gasteiger partial charge in [-0.25, -0.2) is 4.99 Å². The van der Waals surface area contributed by atoms with Crippen molar-refractivity contribution in [2.24, 2.45) is 12.0 Å². The molecule has 1 aromatic heterocycles. The van der Waals surface area contributed by atoms with Crippen molar-refractivity contribution < 1.29 is 27.9 Å². The first-order valence-corrected chi connectivity index (χ1v) is 11.6. The number of carbonyl (C=O) groups is 2. The van der Waals surface area contributed by atoms with Crippen LogP contribution in [0.25, 0.3) is 11.0 Å². The van der Waals surface area contributed by atoms with E-state index >= 15 is 0 Å². The first-order chi connectivity index (χ1) is 17.5. The Kier molecular flexibility index (Phi) is 7.40. The fourth-order valence-corrected chi connectivity index (χ4v) is 3.97. The van der Waals surface area contributed by atoms with Gasteiger partial charge in [0.15, 0.2) is 0 Å². The number of halogens is 4. The highest BCUT2D eigenvalue weighted by molar-refractivity contribution is 6.30. The van der Waals surface area contributed by atoms with E-state index in [2.05, 4.69) is 10.3 Å². The van der Waals surface area contributed by atoms with Gasteiger partial charge in [0.05, 0.1) is 35.2 Å². The predicted molar refractivity (Wildman–Crippen MR) is 133 cm³/mol. The standard InChI is InChI=1S/C26H22ClF3N4O3/c1-33-21-11-6-18(26(28,29)30)14-22(21)34(25(33)32-20-9-7-19(27)8-10-20)15-16-2-4-17(5-3-16)24(37)31-13-12-23(35)36/h2-11,14H,12-13,15H2,1H3,(H,31,37)(H,35,36). The number of fused-ring (bicyclic) bond motifs is 1. The van der Waals surface area contributed by atoms with Crippen LogP contribution in [0.1, 0.15) is 27.9 Å². The molecule has 0 unspecified atom stereocenters. The van der Waals surface area contributed by atoms with E-state index in [1.54, 1.807) is 64.7 Å². The first-order valence-electron chi connectivity index (χ1n) is 11.2. The first kappa shape index (κ1) is 26.0. The summed E-state index contributed by atoms with van der Waals surface area (Å²) in [5.41, 5.74) is 2.20. The van der Waals surface area contributed by atoms with Crippen LogP contribution in [0.15, 0.2) is 71.7 Å². The lowest BCUT2D eigenvalue weighted by Crippen LogP contribution is -2.26. The molecule has 0 aliphatic carbocycles. The lowest BCUT2D eigenvalue weighted by molar-refractivity contribution is -0.138. The molecule has 0 bridgehead atoms. The maximum atomic E-state index is 13.5. The van der Waals surface area contributed by atoms with Gasteiger partial charge >= 0.3 is 12.1 Å². The van der Waals surface area contributed by atoms with Crippen molar-refractivity contribution >= 4 is 40.2 Å². The van der Waals surface area contributed by atoms with Gasteiger partial charge < -0.3 is 19.6 Å². The average Bonchev–Trinajstić information content (AvgIpc) is 3.10. The Morgan fingerprint density at radius 2 is 1.68 bits per heavy atom. The number of aryl methyl sites for hydroxylation is 1. The van der Waals surface area contributed by atoms with Crippen LogP contribution in [0.5, 0.6) is 0 Å². The Balaban J connectivity index is 1.75. The molecule has 1 heterocycles. The number of carboxylic acids is 1. The molecule has 0 aliphatic rings. The van der Waals surface area contributed by atoms with Crippen molar-refractivity contribution in [3.63, 3.8) is 0 Å². The molecule has 4 aromatic rings. The van der Waals surface area contributed by atoms with Crippen molar-refractivity contribution in [3.8, 4) is 0 Å². The molecule has 0 atom stereocenters. The molecule has 1 amide bonds. The third-order valence-corrected chi connectivity index (χ3v) is 5.99. The summed E-state index contributed by atoms with van der Waals surface area (Å²) < 4.78 is 43.9. The van der Waals surface area contributed by atoms with Gasteiger partial charge in [0, 0.05) is 24.2 Å². The lowest BCUT2D eigenvalue weighted by atomic mass is 10.1. The molecule has 3 aromatic carbocycles. The van der Waals surface area contributed by atoms with Crippen LogP contribution in [0.2, 0.25) is 5.02 Å². The smallest absolute Gasteiger partial charge is 0.416 e. The molecule has 7 nitrogen and oxygen atoms in total. The van der Waals surface area contributed by atoms with Gasteiger partial charge in [-0.05, 0) is 60.2 Å².